The van der Waals surface area contributed by atoms with E-state index < -0.39 is 31.8 Å². The van der Waals surface area contributed by atoms with Crippen LogP contribution in [0.4, 0.5) is 22.7 Å². The van der Waals surface area contributed by atoms with Crippen molar-refractivity contribution in [3.63, 3.8) is 0 Å². The quantitative estimate of drug-likeness (QED) is 0.638. The van der Waals surface area contributed by atoms with Gasteiger partial charge in [-0.25, -0.2) is 0 Å². The minimum atomic E-state index is -0.918. The third-order valence-electron chi connectivity index (χ3n) is 2.12. The molecule has 0 aliphatic rings. The third kappa shape index (κ3) is 3.12. The molecular weight excluding hydrogens is 260 g/mol. The summed E-state index contributed by atoms with van der Waals surface area (Å²) < 4.78 is 0. The highest BCUT2D eigenvalue weighted by Crippen LogP contribution is 2.38. The molecule has 1 aromatic rings. The monoisotopic (exact) mass is 270 g/mol. The predicted octanol–water partition coefficient (Wildman–Crippen LogP) is 2.23. The standard InChI is InChI=1S/C9H10N4O6/c1-5(2)10-9-7(12(16)17)3-6(11(14)15)4-8(9)13(18)19/h3-5,10H,1-2H3. The maximum absolute atomic E-state index is 10.9. The fourth-order valence-corrected chi connectivity index (χ4v) is 1.43. The van der Waals surface area contributed by atoms with Crippen molar-refractivity contribution in [3.8, 4) is 0 Å². The van der Waals surface area contributed by atoms with Gasteiger partial charge in [0.1, 0.15) is 0 Å². The highest BCUT2D eigenvalue weighted by molar-refractivity contribution is 5.77. The molecular formula is C9H10N4O6. The Kier molecular flexibility index (Phi) is 3.94. The lowest BCUT2D eigenvalue weighted by molar-refractivity contribution is -0.401. The molecule has 1 aromatic carbocycles. The molecule has 102 valence electrons. The predicted molar refractivity (Wildman–Crippen MR) is 65.2 cm³/mol. The number of rotatable bonds is 5. The van der Waals surface area contributed by atoms with E-state index in [0.717, 1.165) is 0 Å². The molecule has 1 rings (SSSR count). The number of hydrogen-bond donors (Lipinski definition) is 1. The SMILES string of the molecule is CC(C)Nc1c([N+](=O)[O-])cc([N+](=O)[O-])cc1[N+](=O)[O-]. The van der Waals surface area contributed by atoms with Gasteiger partial charge in [-0.3, -0.25) is 30.3 Å². The number of benzene rings is 1. The van der Waals surface area contributed by atoms with Crippen LogP contribution in [0.2, 0.25) is 0 Å². The molecule has 0 heterocycles. The second-order valence-corrected chi connectivity index (χ2v) is 3.93. The molecule has 0 radical (unpaired) electrons. The third-order valence-corrected chi connectivity index (χ3v) is 2.12. The molecule has 0 unspecified atom stereocenters. The summed E-state index contributed by atoms with van der Waals surface area (Å²) in [4.78, 5) is 29.7. The Balaban J connectivity index is 3.60. The Hall–Kier alpha value is -2.78. The molecule has 10 heteroatoms. The van der Waals surface area contributed by atoms with Crippen molar-refractivity contribution in [2.45, 2.75) is 19.9 Å². The van der Waals surface area contributed by atoms with Crippen molar-refractivity contribution in [2.75, 3.05) is 5.32 Å². The molecule has 0 aliphatic carbocycles. The fraction of sp³-hybridized carbons (Fsp3) is 0.333. The topological polar surface area (TPSA) is 141 Å². The van der Waals surface area contributed by atoms with Crippen molar-refractivity contribution in [1.82, 2.24) is 0 Å². The van der Waals surface area contributed by atoms with Crippen LogP contribution >= 0.6 is 0 Å². The molecule has 1 N–H and O–H groups in total. The minimum Gasteiger partial charge on any atom is -0.372 e. The van der Waals surface area contributed by atoms with Crippen LogP contribution in [0.3, 0.4) is 0 Å². The lowest BCUT2D eigenvalue weighted by Gasteiger charge is -2.10. The van der Waals surface area contributed by atoms with Gasteiger partial charge in [0.15, 0.2) is 5.69 Å². The van der Waals surface area contributed by atoms with E-state index in [1.54, 1.807) is 13.8 Å². The van der Waals surface area contributed by atoms with Gasteiger partial charge in [0, 0.05) is 6.04 Å². The van der Waals surface area contributed by atoms with Crippen LogP contribution in [0.15, 0.2) is 12.1 Å². The van der Waals surface area contributed by atoms with Gasteiger partial charge >= 0.3 is 11.4 Å². The van der Waals surface area contributed by atoms with Gasteiger partial charge in [-0.2, -0.15) is 0 Å². The second-order valence-electron chi connectivity index (χ2n) is 3.93. The van der Waals surface area contributed by atoms with E-state index in [9.17, 15) is 30.3 Å². The van der Waals surface area contributed by atoms with Gasteiger partial charge in [-0.1, -0.05) is 0 Å². The Morgan fingerprint density at radius 3 is 1.63 bits per heavy atom. The van der Waals surface area contributed by atoms with E-state index in [1.807, 2.05) is 0 Å². The van der Waals surface area contributed by atoms with Crippen molar-refractivity contribution in [1.29, 1.82) is 0 Å². The van der Waals surface area contributed by atoms with E-state index in [1.165, 1.54) is 0 Å². The largest absolute Gasteiger partial charge is 0.372 e. The van der Waals surface area contributed by atoms with Crippen molar-refractivity contribution in [2.24, 2.45) is 0 Å². The maximum Gasteiger partial charge on any atom is 0.306 e. The Morgan fingerprint density at radius 1 is 0.947 bits per heavy atom. The summed E-state index contributed by atoms with van der Waals surface area (Å²) in [5, 5.41) is 34.9. The molecule has 0 bridgehead atoms. The number of non-ortho nitro benzene ring substituents is 1. The molecule has 0 amide bonds. The lowest BCUT2D eigenvalue weighted by Crippen LogP contribution is -2.13. The van der Waals surface area contributed by atoms with E-state index in [-0.39, 0.29) is 11.7 Å². The van der Waals surface area contributed by atoms with Crippen molar-refractivity contribution in [3.05, 3.63) is 42.5 Å². The fourth-order valence-electron chi connectivity index (χ4n) is 1.43. The molecule has 0 aromatic heterocycles. The van der Waals surface area contributed by atoms with Gasteiger partial charge in [0.25, 0.3) is 5.69 Å². The number of nitrogens with one attached hydrogen (secondary N) is 1. The Bertz CT molecular complexity index is 521. The molecule has 0 aliphatic heterocycles. The summed E-state index contributed by atoms with van der Waals surface area (Å²) >= 11 is 0. The van der Waals surface area contributed by atoms with Crippen LogP contribution in [0.25, 0.3) is 0 Å². The average molecular weight is 270 g/mol. The second kappa shape index (κ2) is 5.25. The van der Waals surface area contributed by atoms with Crippen LogP contribution in [-0.2, 0) is 0 Å². The molecule has 0 atom stereocenters. The molecule has 0 saturated heterocycles. The van der Waals surface area contributed by atoms with Crippen LogP contribution in [-0.4, -0.2) is 20.8 Å². The van der Waals surface area contributed by atoms with E-state index in [0.29, 0.717) is 12.1 Å². The van der Waals surface area contributed by atoms with Gasteiger partial charge in [0.05, 0.1) is 26.9 Å². The number of anilines is 1. The van der Waals surface area contributed by atoms with Crippen LogP contribution in [0.5, 0.6) is 0 Å². The smallest absolute Gasteiger partial charge is 0.306 e. The number of nitrogens with zero attached hydrogens (tertiary/aromatic N) is 3. The van der Waals surface area contributed by atoms with E-state index in [4.69, 9.17) is 0 Å². The normalized spacial score (nSPS) is 10.3. The molecule has 0 fully saturated rings. The Labute approximate surface area is 106 Å². The van der Waals surface area contributed by atoms with Gasteiger partial charge in [-0.15, -0.1) is 0 Å². The molecule has 10 nitrogen and oxygen atoms in total. The molecule has 0 spiro atoms. The highest BCUT2D eigenvalue weighted by atomic mass is 16.6. The van der Waals surface area contributed by atoms with E-state index in [2.05, 4.69) is 5.32 Å². The zero-order chi connectivity index (χ0) is 14.7. The first-order chi connectivity index (χ1) is 8.73. The molecule has 0 saturated carbocycles. The van der Waals surface area contributed by atoms with E-state index >= 15 is 0 Å². The van der Waals surface area contributed by atoms with Crippen molar-refractivity contribution >= 4 is 22.7 Å². The van der Waals surface area contributed by atoms with Crippen molar-refractivity contribution < 1.29 is 14.8 Å². The number of hydrogen-bond acceptors (Lipinski definition) is 7. The van der Waals surface area contributed by atoms with Crippen LogP contribution in [0.1, 0.15) is 13.8 Å². The lowest BCUT2D eigenvalue weighted by atomic mass is 10.2. The minimum absolute atomic E-state index is 0.307. The summed E-state index contributed by atoms with van der Waals surface area (Å²) in [5.74, 6) is 0. The first-order valence-electron chi connectivity index (χ1n) is 5.11. The molecule has 19 heavy (non-hydrogen) atoms. The summed E-state index contributed by atoms with van der Waals surface area (Å²) in [6.45, 7) is 3.27. The number of nitro benzene ring substituents is 3. The first kappa shape index (κ1) is 14.3. The summed E-state index contributed by atoms with van der Waals surface area (Å²) in [5.41, 5.74) is -2.44. The average Bonchev–Trinajstić information content (AvgIpc) is 2.27. The van der Waals surface area contributed by atoms with Crippen LogP contribution < -0.4 is 5.32 Å². The zero-order valence-electron chi connectivity index (χ0n) is 10.0. The summed E-state index contributed by atoms with van der Waals surface area (Å²) in [6.07, 6.45) is 0. The van der Waals surface area contributed by atoms with Crippen LogP contribution in [0, 0.1) is 30.3 Å². The van der Waals surface area contributed by atoms with Gasteiger partial charge < -0.3 is 5.32 Å². The Morgan fingerprint density at radius 2 is 1.37 bits per heavy atom. The van der Waals surface area contributed by atoms with Gasteiger partial charge in [0.2, 0.25) is 0 Å². The zero-order valence-corrected chi connectivity index (χ0v) is 10.0. The maximum atomic E-state index is 10.9. The summed E-state index contributed by atoms with van der Waals surface area (Å²) in [6, 6.07) is 1.08. The summed E-state index contributed by atoms with van der Waals surface area (Å²) in [7, 11) is 0. The highest BCUT2D eigenvalue weighted by Gasteiger charge is 2.30. The van der Waals surface area contributed by atoms with Gasteiger partial charge in [-0.05, 0) is 13.8 Å². The first-order valence-corrected chi connectivity index (χ1v) is 5.11. The number of nitro groups is 3.